The Bertz CT molecular complexity index is 929. The Kier molecular flexibility index (Phi) is 3.53. The lowest BCUT2D eigenvalue weighted by Gasteiger charge is -2.06. The largest absolute Gasteiger partial charge is 0.441 e. The summed E-state index contributed by atoms with van der Waals surface area (Å²) in [5.74, 6) is 0.144. The number of nitro benzene ring substituents is 1. The second-order valence-electron chi connectivity index (χ2n) is 4.96. The highest BCUT2D eigenvalue weighted by Crippen LogP contribution is 2.25. The van der Waals surface area contributed by atoms with Crippen LogP contribution in [0, 0.1) is 24.0 Å². The molecular formula is C16H12N2O5. The number of hydrogen-bond donors (Lipinski definition) is 0. The van der Waals surface area contributed by atoms with E-state index in [1.807, 2.05) is 0 Å². The van der Waals surface area contributed by atoms with Gasteiger partial charge >= 0.3 is 5.97 Å². The van der Waals surface area contributed by atoms with E-state index in [0.717, 1.165) is 0 Å². The van der Waals surface area contributed by atoms with Crippen molar-refractivity contribution in [2.45, 2.75) is 13.8 Å². The number of nitro groups is 1. The minimum atomic E-state index is -0.661. The molecule has 116 valence electrons. The molecule has 0 spiro atoms. The maximum Gasteiger partial charge on any atom is 0.344 e. The van der Waals surface area contributed by atoms with Gasteiger partial charge in [-0.2, -0.15) is 0 Å². The summed E-state index contributed by atoms with van der Waals surface area (Å²) in [6.07, 6.45) is 0. The number of fused-ring (bicyclic) bond motifs is 1. The number of hydrogen-bond acceptors (Lipinski definition) is 6. The van der Waals surface area contributed by atoms with Crippen LogP contribution in [0.4, 0.5) is 5.69 Å². The van der Waals surface area contributed by atoms with Crippen LogP contribution in [0.2, 0.25) is 0 Å². The molecule has 2 aromatic carbocycles. The normalized spacial score (nSPS) is 10.7. The fourth-order valence-corrected chi connectivity index (χ4v) is 2.29. The number of aryl methyl sites for hydroxylation is 1. The Morgan fingerprint density at radius 1 is 1.26 bits per heavy atom. The van der Waals surface area contributed by atoms with Crippen molar-refractivity contribution in [1.29, 1.82) is 0 Å². The van der Waals surface area contributed by atoms with Crippen LogP contribution in [0.25, 0.3) is 11.1 Å². The SMILES string of the molecule is Cc1nc2cc(OC(=O)c3cccc([N+](=O)[O-])c3C)ccc2o1. The van der Waals surface area contributed by atoms with Gasteiger partial charge in [0.2, 0.25) is 0 Å². The summed E-state index contributed by atoms with van der Waals surface area (Å²) >= 11 is 0. The second-order valence-corrected chi connectivity index (χ2v) is 4.96. The van der Waals surface area contributed by atoms with E-state index in [1.54, 1.807) is 25.1 Å². The third kappa shape index (κ3) is 2.76. The van der Waals surface area contributed by atoms with E-state index in [0.29, 0.717) is 22.7 Å². The van der Waals surface area contributed by atoms with E-state index in [2.05, 4.69) is 4.98 Å². The molecule has 3 aromatic rings. The van der Waals surface area contributed by atoms with Crippen LogP contribution >= 0.6 is 0 Å². The molecule has 0 amide bonds. The number of rotatable bonds is 3. The number of aromatic nitrogens is 1. The topological polar surface area (TPSA) is 95.5 Å². The molecule has 0 saturated heterocycles. The minimum absolute atomic E-state index is 0.123. The van der Waals surface area contributed by atoms with Gasteiger partial charge in [0.25, 0.3) is 5.69 Å². The zero-order valence-corrected chi connectivity index (χ0v) is 12.4. The van der Waals surface area contributed by atoms with Gasteiger partial charge in [0, 0.05) is 24.6 Å². The summed E-state index contributed by atoms with van der Waals surface area (Å²) in [7, 11) is 0. The fraction of sp³-hybridized carbons (Fsp3) is 0.125. The van der Waals surface area contributed by atoms with Gasteiger partial charge in [0.1, 0.15) is 11.3 Å². The van der Waals surface area contributed by atoms with Crippen molar-refractivity contribution in [3.63, 3.8) is 0 Å². The van der Waals surface area contributed by atoms with Crippen LogP contribution in [-0.4, -0.2) is 15.9 Å². The molecule has 3 rings (SSSR count). The van der Waals surface area contributed by atoms with E-state index >= 15 is 0 Å². The summed E-state index contributed by atoms with van der Waals surface area (Å²) in [4.78, 5) is 26.8. The van der Waals surface area contributed by atoms with Gasteiger partial charge in [-0.3, -0.25) is 10.1 Å². The highest BCUT2D eigenvalue weighted by molar-refractivity contribution is 5.94. The van der Waals surface area contributed by atoms with E-state index in [-0.39, 0.29) is 16.8 Å². The zero-order chi connectivity index (χ0) is 16.6. The number of carbonyl (C=O) groups excluding carboxylic acids is 1. The maximum absolute atomic E-state index is 12.3. The van der Waals surface area contributed by atoms with E-state index < -0.39 is 10.9 Å². The fourth-order valence-electron chi connectivity index (χ4n) is 2.29. The molecule has 0 saturated carbocycles. The van der Waals surface area contributed by atoms with Crippen molar-refractivity contribution in [3.8, 4) is 5.75 Å². The molecule has 0 bridgehead atoms. The van der Waals surface area contributed by atoms with Gasteiger partial charge in [0.15, 0.2) is 11.5 Å². The van der Waals surface area contributed by atoms with Gasteiger partial charge < -0.3 is 9.15 Å². The Balaban J connectivity index is 1.91. The summed E-state index contributed by atoms with van der Waals surface area (Å²) in [6.45, 7) is 3.23. The summed E-state index contributed by atoms with van der Waals surface area (Å²) in [6, 6.07) is 9.10. The number of oxazole rings is 1. The van der Waals surface area contributed by atoms with Gasteiger partial charge in [-0.25, -0.2) is 9.78 Å². The van der Waals surface area contributed by atoms with Crippen LogP contribution in [0.1, 0.15) is 21.8 Å². The number of benzene rings is 2. The Morgan fingerprint density at radius 3 is 2.78 bits per heavy atom. The standard InChI is InChI=1S/C16H12N2O5/c1-9-12(4-3-5-14(9)18(20)21)16(19)23-11-6-7-15-13(8-11)17-10(2)22-15/h3-8H,1-2H3. The molecule has 23 heavy (non-hydrogen) atoms. The molecule has 0 N–H and O–H groups in total. The lowest BCUT2D eigenvalue weighted by molar-refractivity contribution is -0.385. The second kappa shape index (κ2) is 5.53. The van der Waals surface area contributed by atoms with Gasteiger partial charge in [-0.05, 0) is 25.1 Å². The third-order valence-electron chi connectivity index (χ3n) is 3.40. The average Bonchev–Trinajstić information content (AvgIpc) is 2.86. The van der Waals surface area contributed by atoms with Crippen LogP contribution in [0.5, 0.6) is 5.75 Å². The monoisotopic (exact) mass is 312 g/mol. The number of esters is 1. The van der Waals surface area contributed by atoms with Gasteiger partial charge in [-0.15, -0.1) is 0 Å². The van der Waals surface area contributed by atoms with Crippen LogP contribution in [0.3, 0.4) is 0 Å². The van der Waals surface area contributed by atoms with Crippen LogP contribution in [0.15, 0.2) is 40.8 Å². The van der Waals surface area contributed by atoms with Crippen molar-refractivity contribution < 1.29 is 18.9 Å². The molecule has 7 nitrogen and oxygen atoms in total. The van der Waals surface area contributed by atoms with Gasteiger partial charge in [-0.1, -0.05) is 6.07 Å². The lowest BCUT2D eigenvalue weighted by Crippen LogP contribution is -2.11. The minimum Gasteiger partial charge on any atom is -0.441 e. The van der Waals surface area contributed by atoms with Crippen molar-refractivity contribution in [2.75, 3.05) is 0 Å². The van der Waals surface area contributed by atoms with Gasteiger partial charge in [0.05, 0.1) is 10.5 Å². The molecule has 0 aliphatic heterocycles. The predicted octanol–water partition coefficient (Wildman–Crippen LogP) is 3.57. The van der Waals surface area contributed by atoms with Crippen molar-refractivity contribution in [1.82, 2.24) is 4.98 Å². The lowest BCUT2D eigenvalue weighted by atomic mass is 10.1. The molecule has 1 heterocycles. The van der Waals surface area contributed by atoms with Crippen LogP contribution in [-0.2, 0) is 0 Å². The summed E-state index contributed by atoms with van der Waals surface area (Å²) in [5, 5.41) is 10.9. The van der Waals surface area contributed by atoms with Crippen molar-refractivity contribution in [2.24, 2.45) is 0 Å². The molecule has 1 aromatic heterocycles. The smallest absolute Gasteiger partial charge is 0.344 e. The molecule has 0 aliphatic rings. The molecule has 0 aliphatic carbocycles. The molecule has 0 atom stereocenters. The number of nitrogens with zero attached hydrogens (tertiary/aromatic N) is 2. The number of ether oxygens (including phenoxy) is 1. The third-order valence-corrected chi connectivity index (χ3v) is 3.40. The molecular weight excluding hydrogens is 300 g/mol. The molecule has 7 heteroatoms. The summed E-state index contributed by atoms with van der Waals surface area (Å²) < 4.78 is 10.6. The Labute approximate surface area is 130 Å². The number of carbonyl (C=O) groups is 1. The molecule has 0 unspecified atom stereocenters. The van der Waals surface area contributed by atoms with Crippen molar-refractivity contribution >= 4 is 22.8 Å². The van der Waals surface area contributed by atoms with E-state index in [4.69, 9.17) is 9.15 Å². The Hall–Kier alpha value is -3.22. The van der Waals surface area contributed by atoms with Crippen LogP contribution < -0.4 is 4.74 Å². The summed E-state index contributed by atoms with van der Waals surface area (Å²) in [5.41, 5.74) is 1.45. The van der Waals surface area contributed by atoms with E-state index in [1.165, 1.54) is 25.1 Å². The first-order chi connectivity index (χ1) is 11.0. The predicted molar refractivity (Wildman–Crippen MR) is 81.5 cm³/mol. The molecule has 0 radical (unpaired) electrons. The van der Waals surface area contributed by atoms with E-state index in [9.17, 15) is 14.9 Å². The average molecular weight is 312 g/mol. The molecule has 0 fully saturated rings. The first kappa shape index (κ1) is 14.7. The van der Waals surface area contributed by atoms with Crippen molar-refractivity contribution in [3.05, 3.63) is 63.5 Å². The maximum atomic E-state index is 12.3. The first-order valence-corrected chi connectivity index (χ1v) is 6.79. The first-order valence-electron chi connectivity index (χ1n) is 6.79. The highest BCUT2D eigenvalue weighted by Gasteiger charge is 2.19. The Morgan fingerprint density at radius 2 is 2.04 bits per heavy atom. The quantitative estimate of drug-likeness (QED) is 0.317. The highest BCUT2D eigenvalue weighted by atomic mass is 16.6. The zero-order valence-electron chi connectivity index (χ0n) is 12.4.